The van der Waals surface area contributed by atoms with Gasteiger partial charge < -0.3 is 10.1 Å². The molecule has 0 radical (unpaired) electrons. The number of hydrogen-bond donors (Lipinski definition) is 1. The van der Waals surface area contributed by atoms with E-state index in [4.69, 9.17) is 4.74 Å². The largest absolute Gasteiger partial charge is 0.377 e. The molecule has 2 aliphatic rings. The fourth-order valence-electron chi connectivity index (χ4n) is 3.56. The van der Waals surface area contributed by atoms with Gasteiger partial charge in [0.2, 0.25) is 0 Å². The van der Waals surface area contributed by atoms with Crippen molar-refractivity contribution in [1.82, 2.24) is 5.32 Å². The molecule has 0 amide bonds. The van der Waals surface area contributed by atoms with Gasteiger partial charge in [-0.05, 0) is 37.5 Å². The lowest BCUT2D eigenvalue weighted by atomic mass is 9.79. The van der Waals surface area contributed by atoms with Crippen molar-refractivity contribution in [2.24, 2.45) is 11.8 Å². The molecule has 2 fully saturated rings. The Morgan fingerprint density at radius 3 is 2.56 bits per heavy atom. The number of ether oxygens (including phenoxy) is 1. The summed E-state index contributed by atoms with van der Waals surface area (Å²) in [6.45, 7) is 6.70. The Bertz CT molecular complexity index is 223. The Balaban J connectivity index is 1.55. The molecule has 0 aromatic heterocycles. The van der Waals surface area contributed by atoms with Crippen molar-refractivity contribution in [1.29, 1.82) is 0 Å². The lowest BCUT2D eigenvalue weighted by Crippen LogP contribution is -2.37. The van der Waals surface area contributed by atoms with E-state index in [1.54, 1.807) is 0 Å². The summed E-state index contributed by atoms with van der Waals surface area (Å²) in [7, 11) is 0. The summed E-state index contributed by atoms with van der Waals surface area (Å²) in [6.07, 6.45) is 11.5. The Kier molecular flexibility index (Phi) is 5.97. The van der Waals surface area contributed by atoms with Gasteiger partial charge in [0.15, 0.2) is 0 Å². The molecule has 106 valence electrons. The molecular formula is C16H31NO. The number of hydrogen-bond acceptors (Lipinski definition) is 2. The topological polar surface area (TPSA) is 21.3 Å². The van der Waals surface area contributed by atoms with Crippen LogP contribution in [0.15, 0.2) is 0 Å². The average Bonchev–Trinajstić information content (AvgIpc) is 2.88. The van der Waals surface area contributed by atoms with Crippen LogP contribution in [0, 0.1) is 11.8 Å². The molecule has 0 spiro atoms. The van der Waals surface area contributed by atoms with E-state index in [1.807, 2.05) is 0 Å². The fraction of sp³-hybridized carbons (Fsp3) is 1.00. The first-order valence-electron chi connectivity index (χ1n) is 8.10. The molecule has 1 N–H and O–H groups in total. The summed E-state index contributed by atoms with van der Waals surface area (Å²) >= 11 is 0. The molecule has 2 atom stereocenters. The SMILES string of the molecule is CC(C)C1CCCC(NCCOC2CCCC2)C1. The quantitative estimate of drug-likeness (QED) is 0.728. The predicted molar refractivity (Wildman–Crippen MR) is 76.8 cm³/mol. The van der Waals surface area contributed by atoms with Crippen LogP contribution in [0.4, 0.5) is 0 Å². The van der Waals surface area contributed by atoms with Crippen LogP contribution < -0.4 is 5.32 Å². The average molecular weight is 253 g/mol. The molecule has 2 saturated carbocycles. The van der Waals surface area contributed by atoms with E-state index >= 15 is 0 Å². The van der Waals surface area contributed by atoms with E-state index < -0.39 is 0 Å². The maximum absolute atomic E-state index is 5.91. The Morgan fingerprint density at radius 1 is 1.06 bits per heavy atom. The van der Waals surface area contributed by atoms with Gasteiger partial charge in [-0.25, -0.2) is 0 Å². The Labute approximate surface area is 113 Å². The van der Waals surface area contributed by atoms with E-state index in [2.05, 4.69) is 19.2 Å². The highest BCUT2D eigenvalue weighted by Crippen LogP contribution is 2.29. The molecule has 0 heterocycles. The maximum atomic E-state index is 5.91. The lowest BCUT2D eigenvalue weighted by molar-refractivity contribution is 0.0576. The number of nitrogens with one attached hydrogen (secondary N) is 1. The summed E-state index contributed by atoms with van der Waals surface area (Å²) < 4.78 is 5.91. The second kappa shape index (κ2) is 7.49. The van der Waals surface area contributed by atoms with E-state index in [0.717, 1.165) is 31.0 Å². The van der Waals surface area contributed by atoms with Crippen LogP contribution >= 0.6 is 0 Å². The smallest absolute Gasteiger partial charge is 0.0594 e. The highest BCUT2D eigenvalue weighted by molar-refractivity contribution is 4.79. The zero-order chi connectivity index (χ0) is 12.8. The lowest BCUT2D eigenvalue weighted by Gasteiger charge is -2.32. The second-order valence-corrected chi connectivity index (χ2v) is 6.60. The van der Waals surface area contributed by atoms with E-state index in [9.17, 15) is 0 Å². The first-order valence-corrected chi connectivity index (χ1v) is 8.10. The van der Waals surface area contributed by atoms with Crippen molar-refractivity contribution in [3.8, 4) is 0 Å². The first-order chi connectivity index (χ1) is 8.75. The van der Waals surface area contributed by atoms with Crippen molar-refractivity contribution in [3.63, 3.8) is 0 Å². The minimum absolute atomic E-state index is 0.571. The Morgan fingerprint density at radius 2 is 1.83 bits per heavy atom. The standard InChI is InChI=1S/C16H31NO/c1-13(2)14-6-5-7-15(12-14)17-10-11-18-16-8-3-4-9-16/h13-17H,3-12H2,1-2H3. The van der Waals surface area contributed by atoms with Crippen molar-refractivity contribution >= 4 is 0 Å². The molecule has 0 bridgehead atoms. The molecule has 2 rings (SSSR count). The van der Waals surface area contributed by atoms with Gasteiger partial charge in [-0.15, -0.1) is 0 Å². The fourth-order valence-corrected chi connectivity index (χ4v) is 3.56. The first kappa shape index (κ1) is 14.3. The minimum Gasteiger partial charge on any atom is -0.377 e. The third kappa shape index (κ3) is 4.55. The van der Waals surface area contributed by atoms with Gasteiger partial charge in [-0.3, -0.25) is 0 Å². The van der Waals surface area contributed by atoms with Crippen LogP contribution in [0.3, 0.4) is 0 Å². The van der Waals surface area contributed by atoms with Crippen LogP contribution in [0.25, 0.3) is 0 Å². The van der Waals surface area contributed by atoms with Crippen LogP contribution in [-0.4, -0.2) is 25.3 Å². The van der Waals surface area contributed by atoms with Crippen molar-refractivity contribution in [2.45, 2.75) is 77.4 Å². The van der Waals surface area contributed by atoms with Crippen LogP contribution in [0.2, 0.25) is 0 Å². The van der Waals surface area contributed by atoms with Gasteiger partial charge in [-0.2, -0.15) is 0 Å². The third-order valence-electron chi connectivity index (χ3n) is 4.85. The molecule has 0 aromatic carbocycles. The summed E-state index contributed by atoms with van der Waals surface area (Å²) in [5.41, 5.74) is 0. The Hall–Kier alpha value is -0.0800. The normalized spacial score (nSPS) is 30.2. The minimum atomic E-state index is 0.571. The van der Waals surface area contributed by atoms with Crippen molar-refractivity contribution < 1.29 is 4.74 Å². The maximum Gasteiger partial charge on any atom is 0.0594 e. The van der Waals surface area contributed by atoms with Crippen LogP contribution in [0.1, 0.15) is 65.2 Å². The molecule has 18 heavy (non-hydrogen) atoms. The zero-order valence-electron chi connectivity index (χ0n) is 12.3. The van der Waals surface area contributed by atoms with Gasteiger partial charge in [0.05, 0.1) is 12.7 Å². The molecule has 0 aromatic rings. The molecule has 2 nitrogen and oxygen atoms in total. The van der Waals surface area contributed by atoms with Gasteiger partial charge in [0.1, 0.15) is 0 Å². The summed E-state index contributed by atoms with van der Waals surface area (Å²) in [5, 5.41) is 3.71. The van der Waals surface area contributed by atoms with Crippen LogP contribution in [0.5, 0.6) is 0 Å². The van der Waals surface area contributed by atoms with E-state index in [-0.39, 0.29) is 0 Å². The van der Waals surface area contributed by atoms with Gasteiger partial charge in [-0.1, -0.05) is 39.5 Å². The zero-order valence-corrected chi connectivity index (χ0v) is 12.3. The van der Waals surface area contributed by atoms with Crippen molar-refractivity contribution in [3.05, 3.63) is 0 Å². The van der Waals surface area contributed by atoms with E-state index in [1.165, 1.54) is 51.4 Å². The molecular weight excluding hydrogens is 222 g/mol. The van der Waals surface area contributed by atoms with Gasteiger partial charge in [0.25, 0.3) is 0 Å². The van der Waals surface area contributed by atoms with E-state index in [0.29, 0.717) is 6.10 Å². The molecule has 0 aliphatic heterocycles. The molecule has 2 unspecified atom stereocenters. The summed E-state index contributed by atoms with van der Waals surface area (Å²) in [4.78, 5) is 0. The molecule has 0 saturated heterocycles. The molecule has 2 heteroatoms. The van der Waals surface area contributed by atoms with Gasteiger partial charge in [0, 0.05) is 12.6 Å². The van der Waals surface area contributed by atoms with Gasteiger partial charge >= 0.3 is 0 Å². The monoisotopic (exact) mass is 253 g/mol. The molecule has 2 aliphatic carbocycles. The third-order valence-corrected chi connectivity index (χ3v) is 4.85. The van der Waals surface area contributed by atoms with Crippen LogP contribution in [-0.2, 0) is 4.74 Å². The van der Waals surface area contributed by atoms with Crippen molar-refractivity contribution in [2.75, 3.05) is 13.2 Å². The highest BCUT2D eigenvalue weighted by atomic mass is 16.5. The summed E-state index contributed by atoms with van der Waals surface area (Å²) in [6, 6.07) is 0.748. The number of rotatable bonds is 6. The summed E-state index contributed by atoms with van der Waals surface area (Å²) in [5.74, 6) is 1.79. The second-order valence-electron chi connectivity index (χ2n) is 6.60. The highest BCUT2D eigenvalue weighted by Gasteiger charge is 2.23. The predicted octanol–water partition coefficient (Wildman–Crippen LogP) is 3.75.